The predicted octanol–water partition coefficient (Wildman–Crippen LogP) is 3.72. The number of carbonyl (C=O) groups is 1. The van der Waals surface area contributed by atoms with Crippen LogP contribution in [-0.2, 0) is 0 Å². The Balaban J connectivity index is 1.47. The number of amides is 2. The van der Waals surface area contributed by atoms with Crippen LogP contribution in [0, 0.1) is 12.7 Å². The first kappa shape index (κ1) is 15.4. The second kappa shape index (κ2) is 6.05. The zero-order valence-corrected chi connectivity index (χ0v) is 13.7. The van der Waals surface area contributed by atoms with Gasteiger partial charge in [0.25, 0.3) is 0 Å². The zero-order chi connectivity index (χ0) is 17.4. The molecule has 3 aromatic rings. The van der Waals surface area contributed by atoms with Gasteiger partial charge in [-0.05, 0) is 36.2 Å². The van der Waals surface area contributed by atoms with E-state index in [0.29, 0.717) is 17.8 Å². The minimum absolute atomic E-state index is 0.00812. The van der Waals surface area contributed by atoms with Crippen molar-refractivity contribution in [2.75, 3.05) is 11.9 Å². The number of urea groups is 1. The third kappa shape index (κ3) is 2.76. The van der Waals surface area contributed by atoms with Gasteiger partial charge in [0, 0.05) is 17.8 Å². The van der Waals surface area contributed by atoms with Crippen LogP contribution >= 0.6 is 0 Å². The molecule has 1 aliphatic heterocycles. The van der Waals surface area contributed by atoms with Crippen molar-refractivity contribution >= 4 is 11.7 Å². The molecule has 1 aromatic heterocycles. The Morgan fingerprint density at radius 1 is 1.28 bits per heavy atom. The van der Waals surface area contributed by atoms with Crippen LogP contribution in [0.4, 0.5) is 14.9 Å². The lowest BCUT2D eigenvalue weighted by atomic mass is 10.0. The fraction of sp³-hybridized carbons (Fsp3) is 0.158. The molecule has 2 aromatic carbocycles. The SMILES string of the molecule is Cc1cc(F)ccc1NC(=O)NC[C@H]1c2ccccc2-c2cncn21. The van der Waals surface area contributed by atoms with Gasteiger partial charge < -0.3 is 15.2 Å². The summed E-state index contributed by atoms with van der Waals surface area (Å²) >= 11 is 0. The maximum absolute atomic E-state index is 13.2. The van der Waals surface area contributed by atoms with Crippen LogP contribution in [0.2, 0.25) is 0 Å². The first-order valence-electron chi connectivity index (χ1n) is 8.05. The number of anilines is 1. The molecule has 0 saturated heterocycles. The van der Waals surface area contributed by atoms with Crippen LogP contribution in [0.5, 0.6) is 0 Å². The van der Waals surface area contributed by atoms with E-state index in [1.54, 1.807) is 19.3 Å². The van der Waals surface area contributed by atoms with Gasteiger partial charge in [-0.15, -0.1) is 0 Å². The molecule has 0 unspecified atom stereocenters. The molecular formula is C19H17FN4O. The highest BCUT2D eigenvalue weighted by Gasteiger charge is 2.28. The highest BCUT2D eigenvalue weighted by molar-refractivity contribution is 5.90. The molecule has 0 aliphatic carbocycles. The summed E-state index contributed by atoms with van der Waals surface area (Å²) in [6.45, 7) is 2.19. The number of nitrogens with zero attached hydrogens (tertiary/aromatic N) is 2. The Labute approximate surface area is 144 Å². The lowest BCUT2D eigenvalue weighted by Gasteiger charge is -2.16. The number of halogens is 1. The molecule has 0 saturated carbocycles. The van der Waals surface area contributed by atoms with Gasteiger partial charge in [0.1, 0.15) is 5.82 Å². The molecule has 1 atom stereocenters. The number of hydrogen-bond acceptors (Lipinski definition) is 2. The monoisotopic (exact) mass is 336 g/mol. The number of rotatable bonds is 3. The number of fused-ring (bicyclic) bond motifs is 3. The van der Waals surface area contributed by atoms with Gasteiger partial charge in [0.2, 0.25) is 0 Å². The average Bonchev–Trinajstić information content (AvgIpc) is 3.17. The summed E-state index contributed by atoms with van der Waals surface area (Å²) in [6, 6.07) is 12.1. The van der Waals surface area contributed by atoms with Crippen molar-refractivity contribution < 1.29 is 9.18 Å². The van der Waals surface area contributed by atoms with Gasteiger partial charge in [0.05, 0.1) is 24.3 Å². The van der Waals surface area contributed by atoms with E-state index < -0.39 is 0 Å². The van der Waals surface area contributed by atoms with E-state index in [-0.39, 0.29) is 17.9 Å². The number of carbonyl (C=O) groups excluding carboxylic acids is 1. The molecule has 0 bridgehead atoms. The van der Waals surface area contributed by atoms with Crippen molar-refractivity contribution in [2.24, 2.45) is 0 Å². The number of nitrogens with one attached hydrogen (secondary N) is 2. The van der Waals surface area contributed by atoms with E-state index in [4.69, 9.17) is 0 Å². The summed E-state index contributed by atoms with van der Waals surface area (Å²) < 4.78 is 15.2. The fourth-order valence-corrected chi connectivity index (χ4v) is 3.26. The fourth-order valence-electron chi connectivity index (χ4n) is 3.26. The van der Waals surface area contributed by atoms with E-state index in [1.807, 2.05) is 18.3 Å². The predicted molar refractivity (Wildman–Crippen MR) is 94.0 cm³/mol. The highest BCUT2D eigenvalue weighted by atomic mass is 19.1. The van der Waals surface area contributed by atoms with Crippen LogP contribution in [0.3, 0.4) is 0 Å². The normalized spacial score (nSPS) is 14.7. The van der Waals surface area contributed by atoms with Crippen molar-refractivity contribution in [1.82, 2.24) is 14.9 Å². The largest absolute Gasteiger partial charge is 0.335 e. The van der Waals surface area contributed by atoms with E-state index >= 15 is 0 Å². The Morgan fingerprint density at radius 3 is 2.96 bits per heavy atom. The lowest BCUT2D eigenvalue weighted by molar-refractivity contribution is 0.251. The third-order valence-electron chi connectivity index (χ3n) is 4.49. The second-order valence-electron chi connectivity index (χ2n) is 6.08. The van der Waals surface area contributed by atoms with E-state index in [2.05, 4.69) is 32.3 Å². The number of aryl methyl sites for hydroxylation is 1. The Kier molecular flexibility index (Phi) is 3.72. The van der Waals surface area contributed by atoms with Crippen LogP contribution < -0.4 is 10.6 Å². The summed E-state index contributed by atoms with van der Waals surface area (Å²) in [5.74, 6) is -0.321. The van der Waals surface area contributed by atoms with E-state index in [1.165, 1.54) is 12.1 Å². The Bertz CT molecular complexity index is 950. The molecule has 2 amide bonds. The van der Waals surface area contributed by atoms with Gasteiger partial charge in [0.15, 0.2) is 0 Å². The average molecular weight is 336 g/mol. The standard InChI is InChI=1S/C19H17FN4O/c1-12-8-13(20)6-7-16(12)23-19(25)22-10-18-15-5-3-2-4-14(15)17-9-21-11-24(17)18/h2-9,11,18H,10H2,1H3,(H2,22,23,25)/t18-/m0/s1. The summed E-state index contributed by atoms with van der Waals surface area (Å²) in [6.07, 6.45) is 3.62. The Hall–Kier alpha value is -3.15. The van der Waals surface area contributed by atoms with Crippen LogP contribution in [0.25, 0.3) is 11.3 Å². The minimum atomic E-state index is -0.321. The van der Waals surface area contributed by atoms with Gasteiger partial charge >= 0.3 is 6.03 Å². The molecule has 0 spiro atoms. The number of benzene rings is 2. The summed E-state index contributed by atoms with van der Waals surface area (Å²) in [4.78, 5) is 16.4. The molecule has 5 nitrogen and oxygen atoms in total. The molecule has 1 aliphatic rings. The maximum Gasteiger partial charge on any atom is 0.319 e. The molecule has 2 N–H and O–H groups in total. The van der Waals surface area contributed by atoms with Crippen LogP contribution in [-0.4, -0.2) is 22.1 Å². The second-order valence-corrected chi connectivity index (χ2v) is 6.08. The maximum atomic E-state index is 13.2. The van der Waals surface area contributed by atoms with Gasteiger partial charge in [-0.25, -0.2) is 14.2 Å². The molecule has 0 radical (unpaired) electrons. The summed E-state index contributed by atoms with van der Waals surface area (Å²) in [7, 11) is 0. The molecule has 25 heavy (non-hydrogen) atoms. The smallest absolute Gasteiger partial charge is 0.319 e. The highest BCUT2D eigenvalue weighted by Crippen LogP contribution is 2.38. The minimum Gasteiger partial charge on any atom is -0.335 e. The number of aromatic nitrogens is 2. The van der Waals surface area contributed by atoms with Crippen molar-refractivity contribution in [3.63, 3.8) is 0 Å². The van der Waals surface area contributed by atoms with Crippen molar-refractivity contribution in [2.45, 2.75) is 13.0 Å². The molecule has 126 valence electrons. The van der Waals surface area contributed by atoms with Crippen molar-refractivity contribution in [1.29, 1.82) is 0 Å². The first-order chi connectivity index (χ1) is 12.1. The lowest BCUT2D eigenvalue weighted by Crippen LogP contribution is -2.33. The Morgan fingerprint density at radius 2 is 2.12 bits per heavy atom. The van der Waals surface area contributed by atoms with E-state index in [0.717, 1.165) is 16.8 Å². The van der Waals surface area contributed by atoms with E-state index in [9.17, 15) is 9.18 Å². The summed E-state index contributed by atoms with van der Waals surface area (Å²) in [5, 5.41) is 5.66. The van der Waals surface area contributed by atoms with Gasteiger partial charge in [-0.1, -0.05) is 24.3 Å². The first-order valence-corrected chi connectivity index (χ1v) is 8.05. The topological polar surface area (TPSA) is 59.0 Å². The number of imidazole rings is 1. The number of hydrogen-bond donors (Lipinski definition) is 2. The van der Waals surface area contributed by atoms with Crippen molar-refractivity contribution in [3.05, 3.63) is 71.9 Å². The van der Waals surface area contributed by atoms with Crippen molar-refractivity contribution in [3.8, 4) is 11.3 Å². The quantitative estimate of drug-likeness (QED) is 0.766. The molecular weight excluding hydrogens is 319 g/mol. The van der Waals surface area contributed by atoms with Gasteiger partial charge in [-0.3, -0.25) is 0 Å². The zero-order valence-electron chi connectivity index (χ0n) is 13.7. The third-order valence-corrected chi connectivity index (χ3v) is 4.49. The van der Waals surface area contributed by atoms with Crippen LogP contribution in [0.15, 0.2) is 55.0 Å². The molecule has 6 heteroatoms. The summed E-state index contributed by atoms with van der Waals surface area (Å²) in [5.41, 5.74) is 4.63. The van der Waals surface area contributed by atoms with Gasteiger partial charge in [-0.2, -0.15) is 0 Å². The molecule has 4 rings (SSSR count). The molecule has 0 fully saturated rings. The molecule has 2 heterocycles. The van der Waals surface area contributed by atoms with Crippen LogP contribution in [0.1, 0.15) is 17.2 Å².